The first-order chi connectivity index (χ1) is 14.1. The maximum Gasteiger partial charge on any atom is 0.252 e. The van der Waals surface area contributed by atoms with Crippen molar-refractivity contribution in [1.82, 2.24) is 14.9 Å². The molecule has 0 bridgehead atoms. The highest BCUT2D eigenvalue weighted by atomic mass is 35.5. The van der Waals surface area contributed by atoms with Crippen molar-refractivity contribution in [2.24, 2.45) is 0 Å². The zero-order valence-electron chi connectivity index (χ0n) is 16.2. The van der Waals surface area contributed by atoms with Gasteiger partial charge in [0.25, 0.3) is 5.91 Å². The van der Waals surface area contributed by atoms with Crippen molar-refractivity contribution >= 4 is 28.5 Å². The Hall–Kier alpha value is -3.11. The van der Waals surface area contributed by atoms with Crippen LogP contribution < -0.4 is 5.32 Å². The number of imidazole rings is 1. The Morgan fingerprint density at radius 3 is 2.48 bits per heavy atom. The van der Waals surface area contributed by atoms with Gasteiger partial charge in [0.15, 0.2) is 0 Å². The number of carbonyl (C=O) groups is 1. The van der Waals surface area contributed by atoms with Gasteiger partial charge in [-0.25, -0.2) is 4.98 Å². The molecule has 1 heterocycles. The molecule has 1 atom stereocenters. The molecule has 5 heteroatoms. The number of nitrogens with zero attached hydrogens (tertiary/aromatic N) is 2. The molecule has 3 aromatic carbocycles. The lowest BCUT2D eigenvalue weighted by atomic mass is 10.1. The summed E-state index contributed by atoms with van der Waals surface area (Å²) in [6.45, 7) is 2.66. The number of benzene rings is 3. The van der Waals surface area contributed by atoms with Crippen LogP contribution >= 0.6 is 11.6 Å². The van der Waals surface area contributed by atoms with Crippen LogP contribution in [0.1, 0.15) is 34.7 Å². The monoisotopic (exact) mass is 403 g/mol. The molecule has 0 radical (unpaired) electrons. The van der Waals surface area contributed by atoms with Gasteiger partial charge in [-0.15, -0.1) is 0 Å². The summed E-state index contributed by atoms with van der Waals surface area (Å²) in [5, 5.41) is 3.42. The van der Waals surface area contributed by atoms with Gasteiger partial charge in [-0.2, -0.15) is 0 Å². The van der Waals surface area contributed by atoms with Crippen LogP contribution in [0.25, 0.3) is 11.0 Å². The minimum atomic E-state index is -0.172. The molecule has 0 fully saturated rings. The molecule has 1 aromatic heterocycles. The fraction of sp³-hybridized carbons (Fsp3) is 0.167. The van der Waals surface area contributed by atoms with Gasteiger partial charge in [0.2, 0.25) is 0 Å². The van der Waals surface area contributed by atoms with Crippen LogP contribution in [0.2, 0.25) is 5.02 Å². The highest BCUT2D eigenvalue weighted by Crippen LogP contribution is 2.26. The summed E-state index contributed by atoms with van der Waals surface area (Å²) in [6, 6.07) is 25.7. The van der Waals surface area contributed by atoms with E-state index in [0.717, 1.165) is 16.9 Å². The summed E-state index contributed by atoms with van der Waals surface area (Å²) in [4.78, 5) is 17.3. The molecule has 0 aliphatic carbocycles. The van der Waals surface area contributed by atoms with E-state index in [1.165, 1.54) is 5.56 Å². The number of para-hydroxylation sites is 2. The largest absolute Gasteiger partial charge is 0.352 e. The average molecular weight is 404 g/mol. The quantitative estimate of drug-likeness (QED) is 0.476. The number of fused-ring (bicyclic) bond motifs is 1. The first-order valence-electron chi connectivity index (χ1n) is 9.68. The highest BCUT2D eigenvalue weighted by molar-refractivity contribution is 6.33. The van der Waals surface area contributed by atoms with Crippen molar-refractivity contribution < 1.29 is 4.79 Å². The van der Waals surface area contributed by atoms with E-state index in [4.69, 9.17) is 16.6 Å². The number of hydrogen-bond acceptors (Lipinski definition) is 2. The molecule has 0 spiro atoms. The van der Waals surface area contributed by atoms with Crippen LogP contribution in [0.15, 0.2) is 78.9 Å². The number of carbonyl (C=O) groups excluding carboxylic acids is 1. The summed E-state index contributed by atoms with van der Waals surface area (Å²) >= 11 is 6.13. The Bertz CT molecular complexity index is 1140. The van der Waals surface area contributed by atoms with E-state index in [1.54, 1.807) is 12.1 Å². The zero-order valence-corrected chi connectivity index (χ0v) is 16.9. The normalized spacial score (nSPS) is 12.1. The predicted octanol–water partition coefficient (Wildman–Crippen LogP) is 5.27. The molecular weight excluding hydrogens is 382 g/mol. The van der Waals surface area contributed by atoms with Crippen LogP contribution in [0, 0.1) is 0 Å². The Labute approximate surface area is 175 Å². The van der Waals surface area contributed by atoms with Crippen molar-refractivity contribution in [3.05, 3.63) is 101 Å². The Balaban J connectivity index is 1.57. The molecule has 146 valence electrons. The highest BCUT2D eigenvalue weighted by Gasteiger charge is 2.17. The predicted molar refractivity (Wildman–Crippen MR) is 117 cm³/mol. The second-order valence-electron chi connectivity index (χ2n) is 6.96. The topological polar surface area (TPSA) is 46.9 Å². The Morgan fingerprint density at radius 1 is 1.00 bits per heavy atom. The van der Waals surface area contributed by atoms with Crippen LogP contribution in [0.4, 0.5) is 0 Å². The molecule has 29 heavy (non-hydrogen) atoms. The zero-order chi connectivity index (χ0) is 20.2. The number of aromatic nitrogens is 2. The van der Waals surface area contributed by atoms with Gasteiger partial charge >= 0.3 is 0 Å². The molecule has 1 amide bonds. The van der Waals surface area contributed by atoms with Crippen molar-refractivity contribution in [3.63, 3.8) is 0 Å². The van der Waals surface area contributed by atoms with Gasteiger partial charge in [0.1, 0.15) is 5.82 Å². The van der Waals surface area contributed by atoms with Gasteiger partial charge in [-0.05, 0) is 36.8 Å². The second-order valence-corrected chi connectivity index (χ2v) is 7.37. The first kappa shape index (κ1) is 19.2. The third-order valence-electron chi connectivity index (χ3n) is 5.09. The molecule has 1 N–H and O–H groups in total. The third-order valence-corrected chi connectivity index (χ3v) is 5.42. The molecule has 4 nitrogen and oxygen atoms in total. The fourth-order valence-corrected chi connectivity index (χ4v) is 3.83. The number of rotatable bonds is 6. The summed E-state index contributed by atoms with van der Waals surface area (Å²) in [6.07, 6.45) is 0.627. The van der Waals surface area contributed by atoms with Crippen molar-refractivity contribution in [1.29, 1.82) is 0 Å². The SMILES string of the molecule is CC(c1ccccc1)n1c(CCNC(=O)c2ccccc2Cl)nc2ccccc21. The molecule has 4 rings (SSSR count). The van der Waals surface area contributed by atoms with Crippen LogP contribution in [0.5, 0.6) is 0 Å². The number of nitrogens with one attached hydrogen (secondary N) is 1. The van der Waals surface area contributed by atoms with E-state index in [1.807, 2.05) is 36.4 Å². The van der Waals surface area contributed by atoms with Crippen molar-refractivity contribution in [2.75, 3.05) is 6.54 Å². The smallest absolute Gasteiger partial charge is 0.252 e. The standard InChI is InChI=1S/C24H22ClN3O/c1-17(18-9-3-2-4-10-18)28-22-14-8-7-13-21(22)27-23(28)15-16-26-24(29)19-11-5-6-12-20(19)25/h2-14,17H,15-16H2,1H3,(H,26,29). The van der Waals surface area contributed by atoms with E-state index < -0.39 is 0 Å². The fourth-order valence-electron chi connectivity index (χ4n) is 3.61. The van der Waals surface area contributed by atoms with Crippen molar-refractivity contribution in [2.45, 2.75) is 19.4 Å². The number of hydrogen-bond donors (Lipinski definition) is 1. The summed E-state index contributed by atoms with van der Waals surface area (Å²) in [5.74, 6) is 0.774. The molecular formula is C24H22ClN3O. The average Bonchev–Trinajstić information content (AvgIpc) is 3.12. The minimum absolute atomic E-state index is 0.137. The molecule has 0 saturated heterocycles. The van der Waals surface area contributed by atoms with E-state index >= 15 is 0 Å². The molecule has 0 aliphatic heterocycles. The van der Waals surface area contributed by atoms with E-state index in [2.05, 4.69) is 47.1 Å². The molecule has 0 aliphatic rings. The van der Waals surface area contributed by atoms with E-state index in [-0.39, 0.29) is 11.9 Å². The van der Waals surface area contributed by atoms with Gasteiger partial charge in [0, 0.05) is 13.0 Å². The van der Waals surface area contributed by atoms with Gasteiger partial charge in [-0.3, -0.25) is 4.79 Å². The summed E-state index contributed by atoms with van der Waals surface area (Å²) < 4.78 is 2.26. The van der Waals surface area contributed by atoms with Crippen LogP contribution in [-0.4, -0.2) is 22.0 Å². The lowest BCUT2D eigenvalue weighted by Gasteiger charge is -2.18. The summed E-state index contributed by atoms with van der Waals surface area (Å²) in [7, 11) is 0. The molecule has 0 saturated carbocycles. The number of amides is 1. The maximum atomic E-state index is 12.4. The van der Waals surface area contributed by atoms with Gasteiger partial charge in [0.05, 0.1) is 27.7 Å². The van der Waals surface area contributed by atoms with E-state index in [9.17, 15) is 4.79 Å². The van der Waals surface area contributed by atoms with Crippen molar-refractivity contribution in [3.8, 4) is 0 Å². The maximum absolute atomic E-state index is 12.4. The third kappa shape index (κ3) is 4.03. The lowest BCUT2D eigenvalue weighted by Crippen LogP contribution is -2.27. The van der Waals surface area contributed by atoms with E-state index in [0.29, 0.717) is 23.6 Å². The Morgan fingerprint density at radius 2 is 1.69 bits per heavy atom. The van der Waals surface area contributed by atoms with Crippen LogP contribution in [-0.2, 0) is 6.42 Å². The molecule has 4 aromatic rings. The lowest BCUT2D eigenvalue weighted by molar-refractivity contribution is 0.0954. The number of halogens is 1. The van der Waals surface area contributed by atoms with Gasteiger partial charge in [-0.1, -0.05) is 66.2 Å². The summed E-state index contributed by atoms with van der Waals surface area (Å²) in [5.41, 5.74) is 3.76. The Kier molecular flexibility index (Phi) is 5.63. The second kappa shape index (κ2) is 8.50. The van der Waals surface area contributed by atoms with Gasteiger partial charge < -0.3 is 9.88 Å². The minimum Gasteiger partial charge on any atom is -0.352 e. The van der Waals surface area contributed by atoms with Crippen LogP contribution in [0.3, 0.4) is 0 Å². The molecule has 1 unspecified atom stereocenters. The first-order valence-corrected chi connectivity index (χ1v) is 10.1.